The van der Waals surface area contributed by atoms with Gasteiger partial charge in [0, 0.05) is 25.4 Å². The Kier molecular flexibility index (Phi) is 8.64. The van der Waals surface area contributed by atoms with Crippen LogP contribution in [0.2, 0.25) is 0 Å². The van der Waals surface area contributed by atoms with Gasteiger partial charge in [-0.3, -0.25) is 29.4 Å². The summed E-state index contributed by atoms with van der Waals surface area (Å²) >= 11 is 0.716. The predicted octanol–water partition coefficient (Wildman–Crippen LogP) is 4.30. The summed E-state index contributed by atoms with van der Waals surface area (Å²) in [6.45, 7) is 2.08. The Bertz CT molecular complexity index is 1570. The van der Waals surface area contributed by atoms with Crippen molar-refractivity contribution in [3.8, 4) is 17.4 Å². The Morgan fingerprint density at radius 2 is 1.93 bits per heavy atom. The third-order valence-corrected chi connectivity index (χ3v) is 7.25. The molecule has 2 saturated heterocycles. The number of carbonyl (C=O) groups excluding carboxylic acids is 3. The highest BCUT2D eigenvalue weighted by Crippen LogP contribution is 2.37. The molecule has 42 heavy (non-hydrogen) atoms. The molecule has 0 spiro atoms. The van der Waals surface area contributed by atoms with Crippen LogP contribution in [0.15, 0.2) is 65.7 Å². The highest BCUT2D eigenvalue weighted by molar-refractivity contribution is 8.18. The molecule has 13 nitrogen and oxygen atoms in total. The van der Waals surface area contributed by atoms with Gasteiger partial charge in [-0.05, 0) is 53.7 Å². The Hall–Kier alpha value is -4.95. The van der Waals surface area contributed by atoms with Crippen LogP contribution >= 0.6 is 11.8 Å². The number of methoxy groups -OCH3 is 1. The number of imide groups is 1. The van der Waals surface area contributed by atoms with Crippen molar-refractivity contribution >= 4 is 52.0 Å². The van der Waals surface area contributed by atoms with Crippen molar-refractivity contribution in [2.75, 3.05) is 50.2 Å². The number of thioether (sulfide) groups is 1. The molecule has 3 heterocycles. The number of rotatable bonds is 9. The van der Waals surface area contributed by atoms with Crippen molar-refractivity contribution in [3.05, 3.63) is 81.4 Å². The second kappa shape index (κ2) is 12.7. The van der Waals surface area contributed by atoms with Gasteiger partial charge < -0.3 is 24.4 Å². The average Bonchev–Trinajstić information content (AvgIpc) is 3.25. The quantitative estimate of drug-likeness (QED) is 0.215. The van der Waals surface area contributed by atoms with Crippen LogP contribution in [0.3, 0.4) is 0 Å². The minimum Gasteiger partial charge on any atom is -0.493 e. The SMILES string of the molecule is COc1cc(/C=C2\SC(=O)N(CC(=O)Nc3ccccc3N3CCOCC3)C2=O)ccc1Oc1ncccc1[N+](=O)[O-]. The molecule has 14 heteroatoms. The molecule has 216 valence electrons. The molecule has 1 aromatic heterocycles. The van der Waals surface area contributed by atoms with Crippen LogP contribution in [0.25, 0.3) is 6.08 Å². The maximum Gasteiger partial charge on any atom is 0.331 e. The Morgan fingerprint density at radius 3 is 2.69 bits per heavy atom. The van der Waals surface area contributed by atoms with Gasteiger partial charge in [0.1, 0.15) is 6.54 Å². The first-order valence-corrected chi connectivity index (χ1v) is 13.6. The number of para-hydroxylation sites is 2. The van der Waals surface area contributed by atoms with E-state index in [0.717, 1.165) is 10.6 Å². The van der Waals surface area contributed by atoms with Gasteiger partial charge in [-0.15, -0.1) is 0 Å². The van der Waals surface area contributed by atoms with Crippen molar-refractivity contribution in [2.45, 2.75) is 0 Å². The number of benzene rings is 2. The number of nitrogens with one attached hydrogen (secondary N) is 1. The fraction of sp³-hybridized carbons (Fsp3) is 0.214. The van der Waals surface area contributed by atoms with E-state index in [-0.39, 0.29) is 28.0 Å². The van der Waals surface area contributed by atoms with Gasteiger partial charge in [-0.2, -0.15) is 0 Å². The molecule has 0 bridgehead atoms. The van der Waals surface area contributed by atoms with Gasteiger partial charge in [0.25, 0.3) is 17.0 Å². The maximum absolute atomic E-state index is 13.1. The molecule has 2 fully saturated rings. The molecular formula is C28H25N5O8S. The molecule has 0 saturated carbocycles. The van der Waals surface area contributed by atoms with Gasteiger partial charge in [-0.1, -0.05) is 18.2 Å². The lowest BCUT2D eigenvalue weighted by molar-refractivity contribution is -0.386. The van der Waals surface area contributed by atoms with E-state index in [2.05, 4.69) is 15.2 Å². The second-order valence-corrected chi connectivity index (χ2v) is 10.0. The van der Waals surface area contributed by atoms with E-state index < -0.39 is 28.5 Å². The molecule has 0 atom stereocenters. The van der Waals surface area contributed by atoms with E-state index in [0.29, 0.717) is 49.3 Å². The lowest BCUT2D eigenvalue weighted by atomic mass is 10.2. The minimum absolute atomic E-state index is 0.123. The van der Waals surface area contributed by atoms with Gasteiger partial charge in [0.15, 0.2) is 11.5 Å². The number of aromatic nitrogens is 1. The number of anilines is 2. The zero-order valence-corrected chi connectivity index (χ0v) is 23.2. The Balaban J connectivity index is 1.28. The highest BCUT2D eigenvalue weighted by atomic mass is 32.2. The summed E-state index contributed by atoms with van der Waals surface area (Å²) in [5, 5.41) is 13.5. The van der Waals surface area contributed by atoms with Crippen molar-refractivity contribution < 1.29 is 33.5 Å². The first-order chi connectivity index (χ1) is 20.3. The third kappa shape index (κ3) is 6.34. The molecule has 1 N–H and O–H groups in total. The number of hydrogen-bond donors (Lipinski definition) is 1. The molecule has 0 aliphatic carbocycles. The van der Waals surface area contributed by atoms with E-state index in [1.165, 1.54) is 37.6 Å². The number of nitro groups is 1. The Morgan fingerprint density at radius 1 is 1.14 bits per heavy atom. The van der Waals surface area contributed by atoms with E-state index in [1.54, 1.807) is 24.3 Å². The second-order valence-electron chi connectivity index (χ2n) is 9.03. The van der Waals surface area contributed by atoms with E-state index in [1.807, 2.05) is 12.1 Å². The number of ether oxygens (including phenoxy) is 3. The fourth-order valence-corrected chi connectivity index (χ4v) is 5.18. The van der Waals surface area contributed by atoms with Crippen LogP contribution in [-0.2, 0) is 14.3 Å². The summed E-state index contributed by atoms with van der Waals surface area (Å²) in [6.07, 6.45) is 2.86. The largest absolute Gasteiger partial charge is 0.493 e. The van der Waals surface area contributed by atoms with Crippen LogP contribution in [0.4, 0.5) is 21.9 Å². The normalized spacial score (nSPS) is 16.1. The van der Waals surface area contributed by atoms with Crippen LogP contribution in [0.5, 0.6) is 17.4 Å². The van der Waals surface area contributed by atoms with Crippen molar-refractivity contribution in [2.24, 2.45) is 0 Å². The molecule has 3 amide bonds. The van der Waals surface area contributed by atoms with Crippen molar-refractivity contribution in [1.29, 1.82) is 0 Å². The monoisotopic (exact) mass is 591 g/mol. The number of nitrogens with zero attached hydrogens (tertiary/aromatic N) is 4. The van der Waals surface area contributed by atoms with Gasteiger partial charge in [-0.25, -0.2) is 4.98 Å². The molecule has 2 aliphatic heterocycles. The highest BCUT2D eigenvalue weighted by Gasteiger charge is 2.36. The lowest BCUT2D eigenvalue weighted by Crippen LogP contribution is -2.38. The maximum atomic E-state index is 13.1. The summed E-state index contributed by atoms with van der Waals surface area (Å²) in [5.41, 5.74) is 1.61. The van der Waals surface area contributed by atoms with Crippen LogP contribution < -0.4 is 19.7 Å². The first kappa shape index (κ1) is 28.6. The topological polar surface area (TPSA) is 153 Å². The van der Waals surface area contributed by atoms with Crippen molar-refractivity contribution in [1.82, 2.24) is 9.88 Å². The molecule has 0 radical (unpaired) electrons. The zero-order chi connectivity index (χ0) is 29.6. The number of hydrogen-bond acceptors (Lipinski definition) is 11. The third-order valence-electron chi connectivity index (χ3n) is 6.35. The minimum atomic E-state index is -0.609. The standard InChI is InChI=1S/C28H25N5O8S/c1-39-23-15-18(8-9-22(23)41-26-21(33(37)38)7-4-10-29-26)16-24-27(35)32(28(36)42-24)17-25(34)30-19-5-2-3-6-20(19)31-11-13-40-14-12-31/h2-10,15-16H,11-14,17H2,1H3,(H,30,34)/b24-16-. The number of morpholine rings is 1. The van der Waals surface area contributed by atoms with E-state index in [9.17, 15) is 24.5 Å². The van der Waals surface area contributed by atoms with E-state index in [4.69, 9.17) is 14.2 Å². The molecule has 2 aromatic carbocycles. The van der Waals surface area contributed by atoms with Gasteiger partial charge in [0.2, 0.25) is 5.91 Å². The van der Waals surface area contributed by atoms with Crippen LogP contribution in [0, 0.1) is 10.1 Å². The molecule has 2 aliphatic rings. The molecule has 3 aromatic rings. The van der Waals surface area contributed by atoms with Crippen LogP contribution in [-0.4, -0.2) is 71.8 Å². The average molecular weight is 592 g/mol. The summed E-state index contributed by atoms with van der Waals surface area (Å²) in [7, 11) is 1.39. The van der Waals surface area contributed by atoms with Crippen molar-refractivity contribution in [3.63, 3.8) is 0 Å². The number of pyridine rings is 1. The summed E-state index contributed by atoms with van der Waals surface area (Å²) in [4.78, 5) is 56.3. The Labute approximate surface area is 244 Å². The predicted molar refractivity (Wildman–Crippen MR) is 155 cm³/mol. The zero-order valence-electron chi connectivity index (χ0n) is 22.3. The first-order valence-electron chi connectivity index (χ1n) is 12.8. The molecule has 0 unspecified atom stereocenters. The van der Waals surface area contributed by atoms with E-state index >= 15 is 0 Å². The van der Waals surface area contributed by atoms with Gasteiger partial charge in [0.05, 0.1) is 41.5 Å². The molecule has 5 rings (SSSR count). The molecular weight excluding hydrogens is 566 g/mol. The van der Waals surface area contributed by atoms with Crippen LogP contribution in [0.1, 0.15) is 5.56 Å². The fourth-order valence-electron chi connectivity index (χ4n) is 4.34. The number of carbonyl (C=O) groups is 3. The summed E-state index contributed by atoms with van der Waals surface area (Å²) in [5.74, 6) is -0.934. The van der Waals surface area contributed by atoms with Gasteiger partial charge >= 0.3 is 5.69 Å². The number of amides is 3. The lowest BCUT2D eigenvalue weighted by Gasteiger charge is -2.30. The summed E-state index contributed by atoms with van der Waals surface area (Å²) < 4.78 is 16.4. The smallest absolute Gasteiger partial charge is 0.331 e. The summed E-state index contributed by atoms with van der Waals surface area (Å²) in [6, 6.07) is 14.7.